The van der Waals surface area contributed by atoms with Crippen LogP contribution < -0.4 is 5.56 Å². The molecule has 0 amide bonds. The van der Waals surface area contributed by atoms with E-state index in [4.69, 9.17) is 5.11 Å². The van der Waals surface area contributed by atoms with Gasteiger partial charge in [0.2, 0.25) is 0 Å². The molecule has 0 radical (unpaired) electrons. The Bertz CT molecular complexity index is 1090. The molecule has 1 aliphatic rings. The molecule has 0 spiro atoms. The molecule has 5 heteroatoms. The summed E-state index contributed by atoms with van der Waals surface area (Å²) >= 11 is 0. The van der Waals surface area contributed by atoms with Gasteiger partial charge >= 0.3 is 5.97 Å². The number of aryl methyl sites for hydroxylation is 1. The Morgan fingerprint density at radius 3 is 2.68 bits per heavy atom. The normalized spacial score (nSPS) is 14.8. The van der Waals surface area contributed by atoms with E-state index in [9.17, 15) is 9.59 Å². The van der Waals surface area contributed by atoms with Crippen molar-refractivity contribution in [2.45, 2.75) is 19.9 Å². The highest BCUT2D eigenvalue weighted by Gasteiger charge is 2.21. The Balaban J connectivity index is 1.88. The number of allylic oxidation sites excluding steroid dienone is 1. The average molecular weight is 332 g/mol. The van der Waals surface area contributed by atoms with E-state index in [1.54, 1.807) is 10.6 Å². The molecule has 3 aromatic rings. The van der Waals surface area contributed by atoms with Crippen LogP contribution in [0.2, 0.25) is 0 Å². The molecule has 124 valence electrons. The van der Waals surface area contributed by atoms with Crippen LogP contribution >= 0.6 is 0 Å². The van der Waals surface area contributed by atoms with Gasteiger partial charge in [-0.3, -0.25) is 9.36 Å². The van der Waals surface area contributed by atoms with E-state index in [1.165, 1.54) is 17.7 Å². The highest BCUT2D eigenvalue weighted by Crippen LogP contribution is 2.27. The lowest BCUT2D eigenvalue weighted by Crippen LogP contribution is -2.20. The molecule has 5 nitrogen and oxygen atoms in total. The summed E-state index contributed by atoms with van der Waals surface area (Å²) in [6.07, 6.45) is 2.77. The summed E-state index contributed by atoms with van der Waals surface area (Å²) in [4.78, 5) is 28.5. The van der Waals surface area contributed by atoms with Gasteiger partial charge in [-0.05, 0) is 48.8 Å². The Morgan fingerprint density at radius 1 is 1.20 bits per heavy atom. The smallest absolute Gasteiger partial charge is 0.335 e. The zero-order valence-electron chi connectivity index (χ0n) is 13.7. The number of rotatable bonds is 2. The lowest BCUT2D eigenvalue weighted by Gasteiger charge is -2.06. The largest absolute Gasteiger partial charge is 0.478 e. The molecule has 0 unspecified atom stereocenters. The Morgan fingerprint density at radius 2 is 1.96 bits per heavy atom. The summed E-state index contributed by atoms with van der Waals surface area (Å²) in [7, 11) is 0. The van der Waals surface area contributed by atoms with Gasteiger partial charge in [-0.1, -0.05) is 29.8 Å². The van der Waals surface area contributed by atoms with Crippen molar-refractivity contribution in [1.82, 2.24) is 9.55 Å². The maximum Gasteiger partial charge on any atom is 0.335 e. The third-order valence-electron chi connectivity index (χ3n) is 4.51. The highest BCUT2D eigenvalue weighted by molar-refractivity contribution is 5.93. The molecule has 0 aliphatic carbocycles. The van der Waals surface area contributed by atoms with E-state index >= 15 is 0 Å². The summed E-state index contributed by atoms with van der Waals surface area (Å²) < 4.78 is 1.67. The van der Waals surface area contributed by atoms with Crippen LogP contribution in [-0.4, -0.2) is 20.6 Å². The third-order valence-corrected chi connectivity index (χ3v) is 4.51. The molecule has 0 saturated carbocycles. The van der Waals surface area contributed by atoms with E-state index in [0.29, 0.717) is 23.3 Å². The van der Waals surface area contributed by atoms with Gasteiger partial charge in [0.1, 0.15) is 5.82 Å². The minimum absolute atomic E-state index is 0.121. The molecule has 1 aromatic heterocycles. The van der Waals surface area contributed by atoms with E-state index in [1.807, 2.05) is 37.3 Å². The molecule has 4 rings (SSSR count). The second-order valence-corrected chi connectivity index (χ2v) is 6.26. The number of hydrogen-bond acceptors (Lipinski definition) is 3. The average Bonchev–Trinajstić information content (AvgIpc) is 2.99. The quantitative estimate of drug-likeness (QED) is 0.781. The van der Waals surface area contributed by atoms with Gasteiger partial charge in [0.25, 0.3) is 5.56 Å². The van der Waals surface area contributed by atoms with Crippen molar-refractivity contribution in [1.29, 1.82) is 0 Å². The van der Waals surface area contributed by atoms with Crippen molar-refractivity contribution in [3.63, 3.8) is 0 Å². The van der Waals surface area contributed by atoms with E-state index in [2.05, 4.69) is 4.98 Å². The van der Waals surface area contributed by atoms with Crippen molar-refractivity contribution in [3.8, 4) is 0 Å². The zero-order chi connectivity index (χ0) is 17.6. The van der Waals surface area contributed by atoms with E-state index in [-0.39, 0.29) is 11.1 Å². The first kappa shape index (κ1) is 15.3. The number of fused-ring (bicyclic) bond motifs is 2. The molecule has 2 heterocycles. The Kier molecular flexibility index (Phi) is 3.50. The molecule has 2 aromatic carbocycles. The molecular weight excluding hydrogens is 316 g/mol. The van der Waals surface area contributed by atoms with Crippen molar-refractivity contribution in [2.24, 2.45) is 0 Å². The first-order chi connectivity index (χ1) is 12.0. The van der Waals surface area contributed by atoms with Crippen LogP contribution in [0.4, 0.5) is 0 Å². The molecule has 1 N–H and O–H groups in total. The Labute approximate surface area is 143 Å². The number of aromatic nitrogens is 2. The summed E-state index contributed by atoms with van der Waals surface area (Å²) in [5, 5.41) is 9.60. The molecular formula is C20H16N2O3. The fourth-order valence-electron chi connectivity index (χ4n) is 3.15. The second-order valence-electron chi connectivity index (χ2n) is 6.26. The van der Waals surface area contributed by atoms with Crippen LogP contribution in [0.5, 0.6) is 0 Å². The minimum Gasteiger partial charge on any atom is -0.478 e. The number of carbonyl (C=O) groups is 1. The SMILES string of the molecule is Cc1ccc(/C=C2\CCn3c2nc2cc(C(=O)O)ccc2c3=O)cc1. The number of aromatic carboxylic acids is 1. The maximum atomic E-state index is 12.7. The number of carboxylic acid groups (broad SMARTS) is 1. The number of hydrogen-bond donors (Lipinski definition) is 1. The van der Waals surface area contributed by atoms with Crippen molar-refractivity contribution in [3.05, 3.63) is 75.3 Å². The molecule has 0 bridgehead atoms. The van der Waals surface area contributed by atoms with Crippen LogP contribution in [0, 0.1) is 6.92 Å². The fraction of sp³-hybridized carbons (Fsp3) is 0.150. The van der Waals surface area contributed by atoms with Gasteiger partial charge in [0.05, 0.1) is 16.5 Å². The lowest BCUT2D eigenvalue weighted by molar-refractivity contribution is 0.0697. The van der Waals surface area contributed by atoms with Gasteiger partial charge in [-0.25, -0.2) is 9.78 Å². The van der Waals surface area contributed by atoms with Crippen molar-refractivity contribution < 1.29 is 9.90 Å². The van der Waals surface area contributed by atoms with Crippen molar-refractivity contribution in [2.75, 3.05) is 0 Å². The van der Waals surface area contributed by atoms with Crippen LogP contribution in [-0.2, 0) is 6.54 Å². The van der Waals surface area contributed by atoms with E-state index in [0.717, 1.165) is 17.6 Å². The first-order valence-corrected chi connectivity index (χ1v) is 8.08. The van der Waals surface area contributed by atoms with Gasteiger partial charge in [-0.2, -0.15) is 0 Å². The monoisotopic (exact) mass is 332 g/mol. The van der Waals surface area contributed by atoms with Gasteiger partial charge in [0, 0.05) is 6.54 Å². The predicted molar refractivity (Wildman–Crippen MR) is 96.6 cm³/mol. The summed E-state index contributed by atoms with van der Waals surface area (Å²) in [6, 6.07) is 12.6. The molecule has 0 saturated heterocycles. The number of carboxylic acids is 1. The van der Waals surface area contributed by atoms with Crippen LogP contribution in [0.3, 0.4) is 0 Å². The zero-order valence-corrected chi connectivity index (χ0v) is 13.7. The van der Waals surface area contributed by atoms with Crippen LogP contribution in [0.1, 0.15) is 33.7 Å². The molecule has 1 aliphatic heterocycles. The number of benzene rings is 2. The third kappa shape index (κ3) is 2.63. The van der Waals surface area contributed by atoms with Crippen LogP contribution in [0.25, 0.3) is 22.6 Å². The molecule has 25 heavy (non-hydrogen) atoms. The summed E-state index contributed by atoms with van der Waals surface area (Å²) in [5.74, 6) is -0.402. The topological polar surface area (TPSA) is 72.2 Å². The predicted octanol–water partition coefficient (Wildman–Crippen LogP) is 3.35. The minimum atomic E-state index is -1.03. The van der Waals surface area contributed by atoms with Gasteiger partial charge in [-0.15, -0.1) is 0 Å². The highest BCUT2D eigenvalue weighted by atomic mass is 16.4. The number of nitrogens with zero attached hydrogens (tertiary/aromatic N) is 2. The Hall–Kier alpha value is -3.21. The van der Waals surface area contributed by atoms with Crippen molar-refractivity contribution >= 4 is 28.5 Å². The lowest BCUT2D eigenvalue weighted by atomic mass is 10.1. The van der Waals surface area contributed by atoms with Crippen LogP contribution in [0.15, 0.2) is 47.3 Å². The summed E-state index contributed by atoms with van der Waals surface area (Å²) in [6.45, 7) is 2.63. The van der Waals surface area contributed by atoms with Gasteiger partial charge < -0.3 is 5.11 Å². The first-order valence-electron chi connectivity index (χ1n) is 8.08. The van der Waals surface area contributed by atoms with Gasteiger partial charge in [0.15, 0.2) is 0 Å². The molecule has 0 atom stereocenters. The summed E-state index contributed by atoms with van der Waals surface area (Å²) in [5.41, 5.74) is 3.67. The van der Waals surface area contributed by atoms with E-state index < -0.39 is 5.97 Å². The second kappa shape index (κ2) is 5.70. The maximum absolute atomic E-state index is 12.7. The molecule has 0 fully saturated rings. The standard InChI is InChI=1S/C20H16N2O3/c1-12-2-4-13(5-3-12)10-14-8-9-22-18(14)21-17-11-15(20(24)25)6-7-16(17)19(22)23/h2-7,10-11H,8-9H2,1H3,(H,24,25)/b14-10+. The fourth-order valence-corrected chi connectivity index (χ4v) is 3.15.